The van der Waals surface area contributed by atoms with Crippen molar-refractivity contribution < 1.29 is 8.78 Å². The average Bonchev–Trinajstić information content (AvgIpc) is 2.38. The van der Waals surface area contributed by atoms with Crippen molar-refractivity contribution in [3.63, 3.8) is 0 Å². The molecular weight excluding hydrogens is 232 g/mol. The van der Waals surface area contributed by atoms with E-state index in [0.29, 0.717) is 5.56 Å². The molecule has 0 radical (unpaired) electrons. The Morgan fingerprint density at radius 1 is 0.944 bits per heavy atom. The van der Waals surface area contributed by atoms with Gasteiger partial charge in [0, 0.05) is 6.04 Å². The lowest BCUT2D eigenvalue weighted by atomic mass is 9.95. The van der Waals surface area contributed by atoms with E-state index in [4.69, 9.17) is 0 Å². The topological polar surface area (TPSA) is 12.0 Å². The Balaban J connectivity index is 2.64. The van der Waals surface area contributed by atoms with Crippen LogP contribution in [0.15, 0.2) is 42.5 Å². The van der Waals surface area contributed by atoms with E-state index >= 15 is 0 Å². The summed E-state index contributed by atoms with van der Waals surface area (Å²) in [5.41, 5.74) is 1.51. The minimum atomic E-state index is -0.536. The number of benzene rings is 2. The second-order valence-corrected chi connectivity index (χ2v) is 4.19. The molecule has 0 aliphatic rings. The third kappa shape index (κ3) is 2.27. The van der Waals surface area contributed by atoms with Crippen LogP contribution in [0.2, 0.25) is 0 Å². The van der Waals surface area contributed by atoms with Gasteiger partial charge in [0.15, 0.2) is 0 Å². The molecule has 2 aromatic rings. The van der Waals surface area contributed by atoms with Crippen molar-refractivity contribution in [1.29, 1.82) is 0 Å². The van der Waals surface area contributed by atoms with E-state index in [1.54, 1.807) is 12.1 Å². The molecule has 0 saturated carbocycles. The normalized spacial score (nSPS) is 12.4. The fourth-order valence-electron chi connectivity index (χ4n) is 2.01. The van der Waals surface area contributed by atoms with Crippen molar-refractivity contribution in [3.8, 4) is 11.1 Å². The van der Waals surface area contributed by atoms with Gasteiger partial charge in [-0.05, 0) is 37.2 Å². The molecule has 0 saturated heterocycles. The Hall–Kier alpha value is -1.74. The predicted octanol–water partition coefficient (Wildman–Crippen LogP) is 3.91. The summed E-state index contributed by atoms with van der Waals surface area (Å²) in [6, 6.07) is 11.2. The first-order valence-electron chi connectivity index (χ1n) is 5.85. The highest BCUT2D eigenvalue weighted by Gasteiger charge is 2.16. The highest BCUT2D eigenvalue weighted by atomic mass is 19.1. The molecule has 94 valence electrons. The number of nitrogens with one attached hydrogen (secondary N) is 1. The molecule has 1 atom stereocenters. The summed E-state index contributed by atoms with van der Waals surface area (Å²) in [7, 11) is 1.82. The minimum absolute atomic E-state index is 0.0280. The molecule has 3 heteroatoms. The number of hydrogen-bond donors (Lipinski definition) is 1. The van der Waals surface area contributed by atoms with Crippen LogP contribution in [0.5, 0.6) is 0 Å². The predicted molar refractivity (Wildman–Crippen MR) is 69.3 cm³/mol. The van der Waals surface area contributed by atoms with Crippen LogP contribution in [0, 0.1) is 11.6 Å². The zero-order chi connectivity index (χ0) is 13.1. The number of halogens is 2. The van der Waals surface area contributed by atoms with Crippen LogP contribution in [0.3, 0.4) is 0 Å². The molecule has 0 spiro atoms. The molecule has 0 fully saturated rings. The van der Waals surface area contributed by atoms with Crippen molar-refractivity contribution in [2.75, 3.05) is 7.05 Å². The summed E-state index contributed by atoms with van der Waals surface area (Å²) in [6.07, 6.45) is 0. The molecule has 18 heavy (non-hydrogen) atoms. The molecule has 0 heterocycles. The molecule has 0 amide bonds. The summed E-state index contributed by atoms with van der Waals surface area (Å²) in [5, 5.41) is 3.09. The highest BCUT2D eigenvalue weighted by molar-refractivity contribution is 5.69. The minimum Gasteiger partial charge on any atom is -0.313 e. The second kappa shape index (κ2) is 5.27. The van der Waals surface area contributed by atoms with Gasteiger partial charge >= 0.3 is 0 Å². The quantitative estimate of drug-likeness (QED) is 0.867. The number of hydrogen-bond acceptors (Lipinski definition) is 1. The lowest BCUT2D eigenvalue weighted by Gasteiger charge is -2.16. The van der Waals surface area contributed by atoms with Gasteiger partial charge in [-0.25, -0.2) is 8.78 Å². The standard InChI is InChI=1S/C15H15F2N/c1-10(18-2)11-6-3-4-7-12(11)15-13(16)8-5-9-14(15)17/h3-10,18H,1-2H3. The van der Waals surface area contributed by atoms with Gasteiger partial charge in [0.05, 0.1) is 5.56 Å². The maximum absolute atomic E-state index is 13.8. The lowest BCUT2D eigenvalue weighted by Crippen LogP contribution is -2.13. The molecule has 0 aromatic heterocycles. The molecule has 1 nitrogen and oxygen atoms in total. The third-order valence-corrected chi connectivity index (χ3v) is 3.09. The molecule has 2 rings (SSSR count). The molecule has 0 bridgehead atoms. The molecule has 1 unspecified atom stereocenters. The van der Waals surface area contributed by atoms with E-state index in [1.807, 2.05) is 26.1 Å². The van der Waals surface area contributed by atoms with Gasteiger partial charge in [0.2, 0.25) is 0 Å². The molecule has 1 N–H and O–H groups in total. The molecule has 0 aliphatic carbocycles. The van der Waals surface area contributed by atoms with Gasteiger partial charge in [-0.15, -0.1) is 0 Å². The fraction of sp³-hybridized carbons (Fsp3) is 0.200. The Kier molecular flexibility index (Phi) is 3.72. The Labute approximate surface area is 105 Å². The Bertz CT molecular complexity index is 532. The van der Waals surface area contributed by atoms with Gasteiger partial charge in [0.25, 0.3) is 0 Å². The van der Waals surface area contributed by atoms with E-state index < -0.39 is 11.6 Å². The zero-order valence-electron chi connectivity index (χ0n) is 10.4. The maximum atomic E-state index is 13.8. The van der Waals surface area contributed by atoms with Gasteiger partial charge in [-0.3, -0.25) is 0 Å². The van der Waals surface area contributed by atoms with Gasteiger partial charge < -0.3 is 5.32 Å². The number of rotatable bonds is 3. The van der Waals surface area contributed by atoms with Crippen LogP contribution < -0.4 is 5.32 Å². The summed E-state index contributed by atoms with van der Waals surface area (Å²) >= 11 is 0. The van der Waals surface area contributed by atoms with E-state index in [2.05, 4.69) is 5.32 Å². The largest absolute Gasteiger partial charge is 0.313 e. The lowest BCUT2D eigenvalue weighted by molar-refractivity contribution is 0.587. The SMILES string of the molecule is CNC(C)c1ccccc1-c1c(F)cccc1F. The van der Waals surface area contributed by atoms with Gasteiger partial charge in [-0.2, -0.15) is 0 Å². The van der Waals surface area contributed by atoms with Crippen LogP contribution in [-0.4, -0.2) is 7.05 Å². The summed E-state index contributed by atoms with van der Waals surface area (Å²) in [4.78, 5) is 0. The van der Waals surface area contributed by atoms with E-state index in [1.165, 1.54) is 18.2 Å². The first kappa shape index (κ1) is 12.7. The second-order valence-electron chi connectivity index (χ2n) is 4.19. The Morgan fingerprint density at radius 3 is 2.17 bits per heavy atom. The Morgan fingerprint density at radius 2 is 1.56 bits per heavy atom. The zero-order valence-corrected chi connectivity index (χ0v) is 10.4. The van der Waals surface area contributed by atoms with Crippen LogP contribution >= 0.6 is 0 Å². The molecular formula is C15H15F2N. The molecule has 0 aliphatic heterocycles. The van der Waals surface area contributed by atoms with Crippen molar-refractivity contribution in [3.05, 3.63) is 59.7 Å². The first-order chi connectivity index (χ1) is 8.65. The van der Waals surface area contributed by atoms with Crippen LogP contribution in [0.1, 0.15) is 18.5 Å². The summed E-state index contributed by atoms with van der Waals surface area (Å²) in [6.45, 7) is 1.96. The van der Waals surface area contributed by atoms with E-state index in [0.717, 1.165) is 5.56 Å². The maximum Gasteiger partial charge on any atom is 0.133 e. The van der Waals surface area contributed by atoms with Gasteiger partial charge in [0.1, 0.15) is 11.6 Å². The molecule has 2 aromatic carbocycles. The smallest absolute Gasteiger partial charge is 0.133 e. The summed E-state index contributed by atoms with van der Waals surface area (Å²) < 4.78 is 27.6. The third-order valence-electron chi connectivity index (χ3n) is 3.09. The van der Waals surface area contributed by atoms with Crippen molar-refractivity contribution >= 4 is 0 Å². The first-order valence-corrected chi connectivity index (χ1v) is 5.85. The van der Waals surface area contributed by atoms with E-state index in [-0.39, 0.29) is 11.6 Å². The van der Waals surface area contributed by atoms with Crippen LogP contribution in [0.25, 0.3) is 11.1 Å². The van der Waals surface area contributed by atoms with Gasteiger partial charge in [-0.1, -0.05) is 30.3 Å². The van der Waals surface area contributed by atoms with Crippen molar-refractivity contribution in [2.24, 2.45) is 0 Å². The highest BCUT2D eigenvalue weighted by Crippen LogP contribution is 2.31. The van der Waals surface area contributed by atoms with Crippen molar-refractivity contribution in [2.45, 2.75) is 13.0 Å². The monoisotopic (exact) mass is 247 g/mol. The fourth-order valence-corrected chi connectivity index (χ4v) is 2.01. The van der Waals surface area contributed by atoms with Crippen molar-refractivity contribution in [1.82, 2.24) is 5.32 Å². The van der Waals surface area contributed by atoms with Crippen LogP contribution in [0.4, 0.5) is 8.78 Å². The summed E-state index contributed by atoms with van der Waals surface area (Å²) in [5.74, 6) is -1.07. The average molecular weight is 247 g/mol. The van der Waals surface area contributed by atoms with Crippen LogP contribution in [-0.2, 0) is 0 Å². The van der Waals surface area contributed by atoms with E-state index in [9.17, 15) is 8.78 Å².